The second-order valence-electron chi connectivity index (χ2n) is 3.88. The van der Waals surface area contributed by atoms with E-state index >= 15 is 0 Å². The van der Waals surface area contributed by atoms with Gasteiger partial charge in [0, 0.05) is 17.0 Å². The van der Waals surface area contributed by atoms with Crippen molar-refractivity contribution >= 4 is 18.5 Å². The third kappa shape index (κ3) is 3.11. The maximum absolute atomic E-state index is 13.0. The molecule has 1 aromatic carbocycles. The molecule has 0 spiro atoms. The number of carbonyl (C=O) groups excluding carboxylic acids is 1. The molecule has 0 radical (unpaired) electrons. The van der Waals surface area contributed by atoms with E-state index in [4.69, 9.17) is 0 Å². The number of halogens is 1. The molecule has 0 unspecified atom stereocenters. The monoisotopic (exact) mass is 280 g/mol. The lowest BCUT2D eigenvalue weighted by Crippen LogP contribution is -2.24. The molecule has 1 amide bonds. The first-order chi connectivity index (χ1) is 9.11. The highest BCUT2D eigenvalue weighted by Crippen LogP contribution is 2.14. The van der Waals surface area contributed by atoms with Crippen LogP contribution in [0.3, 0.4) is 0 Å². The molecule has 1 aromatic heterocycles. The molecule has 0 fully saturated rings. The van der Waals surface area contributed by atoms with Crippen molar-refractivity contribution in [2.24, 2.45) is 0 Å². The Morgan fingerprint density at radius 2 is 2.32 bits per heavy atom. The molecule has 0 bridgehead atoms. The molecular formula is C12H13FN4OS. The van der Waals surface area contributed by atoms with Crippen LogP contribution >= 0.6 is 12.6 Å². The van der Waals surface area contributed by atoms with Gasteiger partial charge in [0.25, 0.3) is 5.91 Å². The Hall–Kier alpha value is -1.89. The fourth-order valence-corrected chi connectivity index (χ4v) is 1.81. The molecule has 5 nitrogen and oxygen atoms in total. The zero-order valence-electron chi connectivity index (χ0n) is 10.3. The van der Waals surface area contributed by atoms with E-state index in [9.17, 15) is 9.18 Å². The Bertz CT molecular complexity index is 599. The van der Waals surface area contributed by atoms with Gasteiger partial charge in [-0.15, -0.1) is 22.8 Å². The number of hydrogen-bond donors (Lipinski definition) is 2. The number of thiol groups is 1. The second kappa shape index (κ2) is 5.83. The fraction of sp³-hybridized carbons (Fsp3) is 0.250. The lowest BCUT2D eigenvalue weighted by molar-refractivity contribution is 0.0949. The van der Waals surface area contributed by atoms with E-state index < -0.39 is 5.82 Å². The zero-order chi connectivity index (χ0) is 13.8. The van der Waals surface area contributed by atoms with Crippen molar-refractivity contribution in [2.45, 2.75) is 24.9 Å². The van der Waals surface area contributed by atoms with Crippen LogP contribution in [0.4, 0.5) is 4.39 Å². The van der Waals surface area contributed by atoms with Gasteiger partial charge >= 0.3 is 0 Å². The molecule has 0 saturated heterocycles. The van der Waals surface area contributed by atoms with Crippen molar-refractivity contribution in [3.63, 3.8) is 0 Å². The lowest BCUT2D eigenvalue weighted by atomic mass is 10.2. The number of amides is 1. The van der Waals surface area contributed by atoms with Crippen molar-refractivity contribution in [1.82, 2.24) is 20.1 Å². The average Bonchev–Trinajstić information content (AvgIpc) is 2.86. The molecule has 2 rings (SSSR count). The topological polar surface area (TPSA) is 59.8 Å². The number of hydrogen-bond acceptors (Lipinski definition) is 4. The van der Waals surface area contributed by atoms with Crippen LogP contribution in [-0.2, 0) is 13.1 Å². The molecule has 19 heavy (non-hydrogen) atoms. The molecule has 1 heterocycles. The van der Waals surface area contributed by atoms with Crippen LogP contribution in [-0.4, -0.2) is 20.7 Å². The SMILES string of the molecule is CCn1cnnc1CNC(=O)c1ccc(F)c(S)c1. The molecule has 7 heteroatoms. The minimum absolute atomic E-state index is 0.143. The van der Waals surface area contributed by atoms with Crippen LogP contribution in [0, 0.1) is 5.82 Å². The van der Waals surface area contributed by atoms with E-state index in [-0.39, 0.29) is 17.3 Å². The summed E-state index contributed by atoms with van der Waals surface area (Å²) in [6.45, 7) is 2.96. The van der Waals surface area contributed by atoms with Gasteiger partial charge in [0.1, 0.15) is 12.1 Å². The molecule has 0 aliphatic rings. The third-order valence-electron chi connectivity index (χ3n) is 2.65. The summed E-state index contributed by atoms with van der Waals surface area (Å²) in [5.74, 6) is -0.0874. The molecule has 0 atom stereocenters. The second-order valence-corrected chi connectivity index (χ2v) is 4.36. The van der Waals surface area contributed by atoms with Crippen molar-refractivity contribution in [3.05, 3.63) is 41.7 Å². The number of nitrogens with zero attached hydrogens (tertiary/aromatic N) is 3. The summed E-state index contributed by atoms with van der Waals surface area (Å²) in [7, 11) is 0. The van der Waals surface area contributed by atoms with Gasteiger partial charge in [-0.2, -0.15) is 0 Å². The highest BCUT2D eigenvalue weighted by Gasteiger charge is 2.09. The first-order valence-electron chi connectivity index (χ1n) is 5.75. The minimum atomic E-state index is -0.453. The number of carbonyl (C=O) groups is 1. The Labute approximate surface area is 115 Å². The van der Waals surface area contributed by atoms with Gasteiger partial charge in [0.05, 0.1) is 6.54 Å². The van der Waals surface area contributed by atoms with E-state index in [1.54, 1.807) is 6.33 Å². The van der Waals surface area contributed by atoms with E-state index in [1.165, 1.54) is 18.2 Å². The van der Waals surface area contributed by atoms with Crippen molar-refractivity contribution in [3.8, 4) is 0 Å². The van der Waals surface area contributed by atoms with Crippen molar-refractivity contribution in [1.29, 1.82) is 0 Å². The summed E-state index contributed by atoms with van der Waals surface area (Å²) in [6, 6.07) is 4.01. The number of aromatic nitrogens is 3. The Kier molecular flexibility index (Phi) is 4.16. The van der Waals surface area contributed by atoms with E-state index in [0.717, 1.165) is 6.54 Å². The van der Waals surface area contributed by atoms with Crippen molar-refractivity contribution < 1.29 is 9.18 Å². The Morgan fingerprint density at radius 1 is 1.53 bits per heavy atom. The highest BCUT2D eigenvalue weighted by molar-refractivity contribution is 7.80. The molecule has 1 N–H and O–H groups in total. The summed E-state index contributed by atoms with van der Waals surface area (Å²) >= 11 is 3.94. The maximum atomic E-state index is 13.0. The van der Waals surface area contributed by atoms with Crippen LogP contribution in [0.5, 0.6) is 0 Å². The predicted octanol–water partition coefficient (Wildman–Crippen LogP) is 1.66. The van der Waals surface area contributed by atoms with Crippen molar-refractivity contribution in [2.75, 3.05) is 0 Å². The number of aryl methyl sites for hydroxylation is 1. The minimum Gasteiger partial charge on any atom is -0.345 e. The van der Waals surface area contributed by atoms with Gasteiger partial charge in [0.15, 0.2) is 5.82 Å². The summed E-state index contributed by atoms with van der Waals surface area (Å²) in [6.07, 6.45) is 1.60. The molecule has 0 aliphatic heterocycles. The Balaban J connectivity index is 2.03. The van der Waals surface area contributed by atoms with Crippen LogP contribution in [0.2, 0.25) is 0 Å². The fourth-order valence-electron chi connectivity index (χ4n) is 1.60. The molecular weight excluding hydrogens is 267 g/mol. The largest absolute Gasteiger partial charge is 0.345 e. The average molecular weight is 280 g/mol. The zero-order valence-corrected chi connectivity index (χ0v) is 11.2. The summed E-state index contributed by atoms with van der Waals surface area (Å²) in [5, 5.41) is 10.4. The van der Waals surface area contributed by atoms with Crippen LogP contribution in [0.15, 0.2) is 29.4 Å². The van der Waals surface area contributed by atoms with Gasteiger partial charge in [-0.25, -0.2) is 4.39 Å². The lowest BCUT2D eigenvalue weighted by Gasteiger charge is -2.06. The van der Waals surface area contributed by atoms with Gasteiger partial charge in [-0.05, 0) is 25.1 Å². The normalized spacial score (nSPS) is 10.5. The number of benzene rings is 1. The number of rotatable bonds is 4. The van der Waals surface area contributed by atoms with E-state index in [2.05, 4.69) is 28.1 Å². The van der Waals surface area contributed by atoms with Gasteiger partial charge in [0.2, 0.25) is 0 Å². The summed E-state index contributed by atoms with van der Waals surface area (Å²) in [5.41, 5.74) is 0.356. The maximum Gasteiger partial charge on any atom is 0.251 e. The van der Waals surface area contributed by atoms with Crippen LogP contribution in [0.1, 0.15) is 23.1 Å². The summed E-state index contributed by atoms with van der Waals surface area (Å²) < 4.78 is 14.9. The number of nitrogens with one attached hydrogen (secondary N) is 1. The molecule has 0 saturated carbocycles. The van der Waals surface area contributed by atoms with Gasteiger partial charge in [-0.3, -0.25) is 4.79 Å². The van der Waals surface area contributed by atoms with E-state index in [1.807, 2.05) is 11.5 Å². The molecule has 100 valence electrons. The predicted molar refractivity (Wildman–Crippen MR) is 70.5 cm³/mol. The first kappa shape index (κ1) is 13.5. The smallest absolute Gasteiger partial charge is 0.251 e. The van der Waals surface area contributed by atoms with Gasteiger partial charge < -0.3 is 9.88 Å². The quantitative estimate of drug-likeness (QED) is 0.837. The standard InChI is InChI=1S/C12H13FN4OS/c1-2-17-7-15-16-11(17)6-14-12(18)8-3-4-9(13)10(19)5-8/h3-5,7,19H,2,6H2,1H3,(H,14,18). The molecule has 0 aliphatic carbocycles. The third-order valence-corrected chi connectivity index (χ3v) is 2.99. The van der Waals surface area contributed by atoms with Gasteiger partial charge in [-0.1, -0.05) is 0 Å². The first-order valence-corrected chi connectivity index (χ1v) is 6.20. The van der Waals surface area contributed by atoms with E-state index in [0.29, 0.717) is 11.4 Å². The van der Waals surface area contributed by atoms with Crippen LogP contribution in [0.25, 0.3) is 0 Å². The summed E-state index contributed by atoms with van der Waals surface area (Å²) in [4.78, 5) is 12.0. The van der Waals surface area contributed by atoms with Crippen LogP contribution < -0.4 is 5.32 Å². The Morgan fingerprint density at radius 3 is 3.00 bits per heavy atom. The molecule has 2 aromatic rings. The highest BCUT2D eigenvalue weighted by atomic mass is 32.1.